The van der Waals surface area contributed by atoms with Crippen molar-refractivity contribution in [2.24, 2.45) is 0 Å². The number of hydrogen-bond donors (Lipinski definition) is 1. The van der Waals surface area contributed by atoms with Crippen molar-refractivity contribution in [1.29, 1.82) is 0 Å². The van der Waals surface area contributed by atoms with E-state index in [0.29, 0.717) is 16.7 Å². The van der Waals surface area contributed by atoms with Crippen LogP contribution < -0.4 is 5.32 Å². The minimum Gasteiger partial charge on any atom is -0.444 e. The van der Waals surface area contributed by atoms with Crippen LogP contribution in [0.25, 0.3) is 5.65 Å². The van der Waals surface area contributed by atoms with Crippen LogP contribution in [0.2, 0.25) is 0 Å². The first-order valence-corrected chi connectivity index (χ1v) is 6.89. The quantitative estimate of drug-likeness (QED) is 0.861. The second-order valence-corrected chi connectivity index (χ2v) is 5.61. The van der Waals surface area contributed by atoms with E-state index in [0.717, 1.165) is 5.56 Å². The van der Waals surface area contributed by atoms with Crippen molar-refractivity contribution in [3.63, 3.8) is 0 Å². The van der Waals surface area contributed by atoms with Crippen LogP contribution >= 0.6 is 15.9 Å². The van der Waals surface area contributed by atoms with Gasteiger partial charge in [-0.05, 0) is 32.4 Å². The zero-order valence-electron chi connectivity index (χ0n) is 11.0. The number of halogens is 1. The average molecular weight is 327 g/mol. The van der Waals surface area contributed by atoms with Crippen molar-refractivity contribution >= 4 is 33.4 Å². The van der Waals surface area contributed by atoms with Gasteiger partial charge in [-0.1, -0.05) is 15.9 Å². The van der Waals surface area contributed by atoms with Gasteiger partial charge in [0.1, 0.15) is 11.9 Å². The summed E-state index contributed by atoms with van der Waals surface area (Å²) in [5.41, 5.74) is 1.59. The van der Waals surface area contributed by atoms with Crippen LogP contribution in [0.3, 0.4) is 0 Å². The summed E-state index contributed by atoms with van der Waals surface area (Å²) in [5.74, 6) is 0. The second-order valence-electron chi connectivity index (χ2n) is 5.05. The smallest absolute Gasteiger partial charge is 0.412 e. The van der Waals surface area contributed by atoms with Crippen LogP contribution in [0, 0.1) is 0 Å². The summed E-state index contributed by atoms with van der Waals surface area (Å²) in [4.78, 5) is 15.9. The highest BCUT2D eigenvalue weighted by Gasteiger charge is 2.17. The lowest BCUT2D eigenvalue weighted by Gasteiger charge is -2.19. The summed E-state index contributed by atoms with van der Waals surface area (Å²) in [7, 11) is 0. The van der Waals surface area contributed by atoms with E-state index in [1.54, 1.807) is 4.52 Å². The molecular weight excluding hydrogens is 312 g/mol. The first-order chi connectivity index (χ1) is 8.89. The SMILES string of the molecule is CC(C)(C)OC(=O)Nc1cc(CBr)cn2ncnc12. The number of carbonyl (C=O) groups excluding carboxylic acids is 1. The largest absolute Gasteiger partial charge is 0.444 e. The van der Waals surface area contributed by atoms with Crippen molar-refractivity contribution in [2.75, 3.05) is 5.32 Å². The number of amides is 1. The average Bonchev–Trinajstić information content (AvgIpc) is 2.74. The first-order valence-electron chi connectivity index (χ1n) is 5.77. The number of ether oxygens (including phenoxy) is 1. The Balaban J connectivity index is 2.29. The highest BCUT2D eigenvalue weighted by Crippen LogP contribution is 2.19. The molecule has 0 aliphatic rings. The molecule has 0 unspecified atom stereocenters. The number of alkyl halides is 1. The van der Waals surface area contributed by atoms with Crippen LogP contribution in [0.15, 0.2) is 18.6 Å². The van der Waals surface area contributed by atoms with Gasteiger partial charge in [0.15, 0.2) is 5.65 Å². The van der Waals surface area contributed by atoms with E-state index in [1.807, 2.05) is 33.0 Å². The van der Waals surface area contributed by atoms with E-state index in [1.165, 1.54) is 6.33 Å². The fourth-order valence-electron chi connectivity index (χ4n) is 1.56. The van der Waals surface area contributed by atoms with E-state index < -0.39 is 11.7 Å². The summed E-state index contributed by atoms with van der Waals surface area (Å²) in [6, 6.07) is 1.84. The lowest BCUT2D eigenvalue weighted by atomic mass is 10.2. The molecule has 0 aliphatic heterocycles. The third kappa shape index (κ3) is 3.44. The molecule has 0 aliphatic carbocycles. The van der Waals surface area contributed by atoms with Crippen molar-refractivity contribution in [2.45, 2.75) is 31.7 Å². The van der Waals surface area contributed by atoms with Gasteiger partial charge in [-0.2, -0.15) is 5.10 Å². The summed E-state index contributed by atoms with van der Waals surface area (Å²) < 4.78 is 6.84. The van der Waals surface area contributed by atoms with Gasteiger partial charge >= 0.3 is 6.09 Å². The molecule has 2 rings (SSSR count). The molecule has 6 nitrogen and oxygen atoms in total. The molecule has 0 atom stereocenters. The van der Waals surface area contributed by atoms with Crippen molar-refractivity contribution in [3.05, 3.63) is 24.2 Å². The van der Waals surface area contributed by atoms with Crippen LogP contribution in [-0.4, -0.2) is 26.3 Å². The summed E-state index contributed by atoms with van der Waals surface area (Å²) in [5, 5.41) is 7.42. The summed E-state index contributed by atoms with van der Waals surface area (Å²) in [6.07, 6.45) is 2.77. The lowest BCUT2D eigenvalue weighted by molar-refractivity contribution is 0.0636. The standard InChI is InChI=1S/C12H15BrN4O2/c1-12(2,3)19-11(18)16-9-4-8(5-13)6-17-10(9)14-7-15-17/h4,6-7H,5H2,1-3H3,(H,16,18). The molecule has 102 valence electrons. The van der Waals surface area contributed by atoms with Crippen molar-refractivity contribution in [1.82, 2.24) is 14.6 Å². The minimum atomic E-state index is -0.541. The molecule has 7 heteroatoms. The maximum absolute atomic E-state index is 11.8. The molecule has 0 spiro atoms. The summed E-state index contributed by atoms with van der Waals surface area (Å²) in [6.45, 7) is 5.44. The Morgan fingerprint density at radius 1 is 1.53 bits per heavy atom. The van der Waals surface area contributed by atoms with E-state index in [2.05, 4.69) is 31.3 Å². The third-order valence-corrected chi connectivity index (χ3v) is 2.87. The Morgan fingerprint density at radius 3 is 2.89 bits per heavy atom. The third-order valence-electron chi connectivity index (χ3n) is 2.22. The molecule has 0 bridgehead atoms. The van der Waals surface area contributed by atoms with Crippen LogP contribution in [0.5, 0.6) is 0 Å². The monoisotopic (exact) mass is 326 g/mol. The number of pyridine rings is 1. The topological polar surface area (TPSA) is 68.5 Å². The number of hydrogen-bond acceptors (Lipinski definition) is 4. The van der Waals surface area contributed by atoms with E-state index in [9.17, 15) is 4.79 Å². The molecule has 0 aromatic carbocycles. The molecule has 2 aromatic heterocycles. The molecule has 2 heterocycles. The van der Waals surface area contributed by atoms with Gasteiger partial charge in [0.2, 0.25) is 0 Å². The Kier molecular flexibility index (Phi) is 3.75. The van der Waals surface area contributed by atoms with E-state index in [-0.39, 0.29) is 0 Å². The lowest BCUT2D eigenvalue weighted by Crippen LogP contribution is -2.27. The number of nitrogens with one attached hydrogen (secondary N) is 1. The predicted octanol–water partition coefficient (Wildman–Crippen LogP) is 2.97. The second kappa shape index (κ2) is 5.16. The molecule has 2 aromatic rings. The minimum absolute atomic E-state index is 0.510. The Hall–Kier alpha value is -1.63. The van der Waals surface area contributed by atoms with Gasteiger partial charge in [-0.3, -0.25) is 5.32 Å². The maximum Gasteiger partial charge on any atom is 0.412 e. The fraction of sp³-hybridized carbons (Fsp3) is 0.417. The Labute approximate surface area is 119 Å². The number of fused-ring (bicyclic) bond motifs is 1. The number of aromatic nitrogens is 3. The normalized spacial score (nSPS) is 11.6. The Morgan fingerprint density at radius 2 is 2.26 bits per heavy atom. The highest BCUT2D eigenvalue weighted by molar-refractivity contribution is 9.08. The van der Waals surface area contributed by atoms with Crippen LogP contribution in [0.4, 0.5) is 10.5 Å². The highest BCUT2D eigenvalue weighted by atomic mass is 79.9. The zero-order chi connectivity index (χ0) is 14.0. The number of rotatable bonds is 2. The molecule has 0 radical (unpaired) electrons. The molecule has 1 N–H and O–H groups in total. The van der Waals surface area contributed by atoms with Gasteiger partial charge in [-0.25, -0.2) is 14.3 Å². The van der Waals surface area contributed by atoms with Gasteiger partial charge in [0.05, 0.1) is 5.69 Å². The first kappa shape index (κ1) is 13.8. The zero-order valence-corrected chi connectivity index (χ0v) is 12.6. The molecular formula is C12H15BrN4O2. The number of anilines is 1. The van der Waals surface area contributed by atoms with Crippen molar-refractivity contribution in [3.8, 4) is 0 Å². The van der Waals surface area contributed by atoms with E-state index in [4.69, 9.17) is 4.74 Å². The van der Waals surface area contributed by atoms with Gasteiger partial charge in [0, 0.05) is 11.5 Å². The molecule has 0 fully saturated rings. The van der Waals surface area contributed by atoms with Crippen LogP contribution in [-0.2, 0) is 10.1 Å². The van der Waals surface area contributed by atoms with E-state index >= 15 is 0 Å². The summed E-state index contributed by atoms with van der Waals surface area (Å²) >= 11 is 3.38. The van der Waals surface area contributed by atoms with Crippen LogP contribution in [0.1, 0.15) is 26.3 Å². The molecule has 19 heavy (non-hydrogen) atoms. The Bertz CT molecular complexity index is 603. The van der Waals surface area contributed by atoms with Gasteiger partial charge in [-0.15, -0.1) is 0 Å². The fourth-order valence-corrected chi connectivity index (χ4v) is 1.87. The van der Waals surface area contributed by atoms with Crippen molar-refractivity contribution < 1.29 is 9.53 Å². The van der Waals surface area contributed by atoms with Gasteiger partial charge < -0.3 is 4.74 Å². The van der Waals surface area contributed by atoms with Gasteiger partial charge in [0.25, 0.3) is 0 Å². The predicted molar refractivity (Wildman–Crippen MR) is 75.5 cm³/mol. The number of nitrogens with zero attached hydrogens (tertiary/aromatic N) is 3. The number of carbonyl (C=O) groups is 1. The maximum atomic E-state index is 11.8. The molecule has 1 amide bonds. The molecule has 0 saturated heterocycles. The molecule has 0 saturated carbocycles.